The highest BCUT2D eigenvalue weighted by Crippen LogP contribution is 2.23. The molecule has 104 valence electrons. The van der Waals surface area contributed by atoms with E-state index in [9.17, 15) is 18.0 Å². The van der Waals surface area contributed by atoms with Gasteiger partial charge in [0.25, 0.3) is 0 Å². The van der Waals surface area contributed by atoms with Crippen LogP contribution < -0.4 is 4.74 Å². The van der Waals surface area contributed by atoms with Crippen LogP contribution in [-0.4, -0.2) is 25.9 Å². The first kappa shape index (κ1) is 15.1. The van der Waals surface area contributed by atoms with Crippen LogP contribution in [0.3, 0.4) is 0 Å². The lowest BCUT2D eigenvalue weighted by molar-refractivity contribution is -0.153. The lowest BCUT2D eigenvalue weighted by Gasteiger charge is -2.11. The zero-order valence-electron chi connectivity index (χ0n) is 10.5. The summed E-state index contributed by atoms with van der Waals surface area (Å²) in [6, 6.07) is 4.71. The molecule has 19 heavy (non-hydrogen) atoms. The van der Waals surface area contributed by atoms with Gasteiger partial charge in [-0.05, 0) is 30.2 Å². The maximum atomic E-state index is 12.1. The molecular weight excluding hydrogens is 261 g/mol. The fraction of sp³-hybridized carbons (Fsp3) is 0.308. The second-order valence-corrected chi connectivity index (χ2v) is 3.79. The van der Waals surface area contributed by atoms with Crippen molar-refractivity contribution in [1.82, 2.24) is 0 Å². The Morgan fingerprint density at radius 1 is 1.37 bits per heavy atom. The van der Waals surface area contributed by atoms with Crippen molar-refractivity contribution in [3.8, 4) is 5.75 Å². The Bertz CT molecular complexity index is 479. The molecule has 0 radical (unpaired) electrons. The molecular formula is C13H13F3O3. The topological polar surface area (TPSA) is 35.5 Å². The predicted octanol–water partition coefficient (Wildman–Crippen LogP) is 3.12. The lowest BCUT2D eigenvalue weighted by atomic mass is 10.1. The summed E-state index contributed by atoms with van der Waals surface area (Å²) in [4.78, 5) is 10.9. The largest absolute Gasteiger partial charge is 0.484 e. The Morgan fingerprint density at radius 2 is 2.05 bits per heavy atom. The van der Waals surface area contributed by atoms with Crippen LogP contribution in [0.15, 0.2) is 24.3 Å². The fourth-order valence-corrected chi connectivity index (χ4v) is 1.27. The molecule has 0 N–H and O–H groups in total. The molecule has 0 aliphatic carbocycles. The normalized spacial score (nSPS) is 11.6. The van der Waals surface area contributed by atoms with Crippen LogP contribution in [0.5, 0.6) is 5.75 Å². The van der Waals surface area contributed by atoms with Crippen LogP contribution in [0, 0.1) is 6.92 Å². The molecule has 0 unspecified atom stereocenters. The van der Waals surface area contributed by atoms with E-state index in [-0.39, 0.29) is 5.75 Å². The van der Waals surface area contributed by atoms with Gasteiger partial charge in [-0.3, -0.25) is 0 Å². The van der Waals surface area contributed by atoms with E-state index in [1.807, 2.05) is 0 Å². The lowest BCUT2D eigenvalue weighted by Crippen LogP contribution is -2.19. The molecule has 6 heteroatoms. The van der Waals surface area contributed by atoms with Crippen molar-refractivity contribution in [3.63, 3.8) is 0 Å². The van der Waals surface area contributed by atoms with Gasteiger partial charge in [-0.2, -0.15) is 13.2 Å². The molecule has 3 nitrogen and oxygen atoms in total. The third kappa shape index (κ3) is 5.46. The number of hydrogen-bond acceptors (Lipinski definition) is 3. The number of alkyl halides is 3. The van der Waals surface area contributed by atoms with E-state index >= 15 is 0 Å². The van der Waals surface area contributed by atoms with E-state index in [4.69, 9.17) is 4.74 Å². The van der Waals surface area contributed by atoms with Crippen LogP contribution in [-0.2, 0) is 9.53 Å². The summed E-state index contributed by atoms with van der Waals surface area (Å²) in [6.07, 6.45) is -1.77. The van der Waals surface area contributed by atoms with Crippen LogP contribution >= 0.6 is 0 Å². The Balaban J connectivity index is 2.82. The van der Waals surface area contributed by atoms with Crippen LogP contribution in [0.2, 0.25) is 0 Å². The van der Waals surface area contributed by atoms with Gasteiger partial charge in [-0.1, -0.05) is 12.1 Å². The molecule has 1 aromatic rings. The number of aryl methyl sites for hydroxylation is 1. The fourth-order valence-electron chi connectivity index (χ4n) is 1.27. The van der Waals surface area contributed by atoms with Gasteiger partial charge in [-0.25, -0.2) is 4.79 Å². The zero-order chi connectivity index (χ0) is 14.5. The van der Waals surface area contributed by atoms with Gasteiger partial charge in [0.1, 0.15) is 5.75 Å². The van der Waals surface area contributed by atoms with Gasteiger partial charge in [0.15, 0.2) is 6.61 Å². The summed E-state index contributed by atoms with van der Waals surface area (Å²) < 4.78 is 45.3. The molecule has 1 aromatic carbocycles. The van der Waals surface area contributed by atoms with Crippen LogP contribution in [0.25, 0.3) is 6.08 Å². The SMILES string of the molecule is COC(=O)/C=C/c1ccc(C)c(OCC(F)(F)F)c1. The maximum Gasteiger partial charge on any atom is 0.422 e. The van der Waals surface area contributed by atoms with E-state index in [1.165, 1.54) is 25.3 Å². The smallest absolute Gasteiger partial charge is 0.422 e. The number of rotatable bonds is 4. The maximum absolute atomic E-state index is 12.1. The third-order valence-corrected chi connectivity index (χ3v) is 2.22. The monoisotopic (exact) mass is 274 g/mol. The summed E-state index contributed by atoms with van der Waals surface area (Å²) in [6.45, 7) is 0.289. The molecule has 0 heterocycles. The summed E-state index contributed by atoms with van der Waals surface area (Å²) in [7, 11) is 1.24. The van der Waals surface area contributed by atoms with Crippen molar-refractivity contribution in [1.29, 1.82) is 0 Å². The van der Waals surface area contributed by atoms with Crippen LogP contribution in [0.1, 0.15) is 11.1 Å². The second-order valence-electron chi connectivity index (χ2n) is 3.79. The molecule has 0 fully saturated rings. The molecule has 0 aliphatic rings. The summed E-state index contributed by atoms with van der Waals surface area (Å²) in [5.41, 5.74) is 1.13. The van der Waals surface area contributed by atoms with E-state index < -0.39 is 18.8 Å². The van der Waals surface area contributed by atoms with E-state index in [1.54, 1.807) is 19.1 Å². The molecule has 0 aromatic heterocycles. The van der Waals surface area contributed by atoms with Crippen molar-refractivity contribution < 1.29 is 27.4 Å². The highest BCUT2D eigenvalue weighted by atomic mass is 19.4. The van der Waals surface area contributed by atoms with Gasteiger partial charge in [0.2, 0.25) is 0 Å². The standard InChI is InChI=1S/C13H13F3O3/c1-9-3-4-10(5-6-12(17)18-2)7-11(9)19-8-13(14,15)16/h3-7H,8H2,1-2H3/b6-5+. The van der Waals surface area contributed by atoms with Crippen LogP contribution in [0.4, 0.5) is 13.2 Å². The van der Waals surface area contributed by atoms with Crippen molar-refractivity contribution in [2.45, 2.75) is 13.1 Å². The first-order valence-corrected chi connectivity index (χ1v) is 5.38. The van der Waals surface area contributed by atoms with Gasteiger partial charge >= 0.3 is 12.1 Å². The number of hydrogen-bond donors (Lipinski definition) is 0. The minimum atomic E-state index is -4.38. The number of carbonyl (C=O) groups excluding carboxylic acids is 1. The molecule has 0 amide bonds. The highest BCUT2D eigenvalue weighted by molar-refractivity contribution is 5.87. The van der Waals surface area contributed by atoms with E-state index in [0.29, 0.717) is 11.1 Å². The first-order valence-electron chi connectivity index (χ1n) is 5.38. The summed E-state index contributed by atoms with van der Waals surface area (Å²) >= 11 is 0. The molecule has 0 saturated carbocycles. The Kier molecular flexibility index (Phi) is 4.97. The molecule has 0 atom stereocenters. The Morgan fingerprint density at radius 3 is 2.63 bits per heavy atom. The number of benzene rings is 1. The average Bonchev–Trinajstić information content (AvgIpc) is 2.34. The van der Waals surface area contributed by atoms with Crippen molar-refractivity contribution >= 4 is 12.0 Å². The number of methoxy groups -OCH3 is 1. The van der Waals surface area contributed by atoms with Crippen molar-refractivity contribution in [2.24, 2.45) is 0 Å². The van der Waals surface area contributed by atoms with Gasteiger partial charge in [0, 0.05) is 6.08 Å². The number of esters is 1. The van der Waals surface area contributed by atoms with E-state index in [0.717, 1.165) is 0 Å². The minimum absolute atomic E-state index is 0.129. The predicted molar refractivity (Wildman–Crippen MR) is 63.8 cm³/mol. The van der Waals surface area contributed by atoms with Gasteiger partial charge in [0.05, 0.1) is 7.11 Å². The van der Waals surface area contributed by atoms with Gasteiger partial charge < -0.3 is 9.47 Å². The summed E-state index contributed by atoms with van der Waals surface area (Å²) in [5, 5.41) is 0. The quantitative estimate of drug-likeness (QED) is 0.625. The molecule has 0 bridgehead atoms. The second kappa shape index (κ2) is 6.26. The molecule has 0 saturated heterocycles. The van der Waals surface area contributed by atoms with E-state index in [2.05, 4.69) is 4.74 Å². The highest BCUT2D eigenvalue weighted by Gasteiger charge is 2.28. The molecule has 0 spiro atoms. The molecule has 1 rings (SSSR count). The van der Waals surface area contributed by atoms with Gasteiger partial charge in [-0.15, -0.1) is 0 Å². The van der Waals surface area contributed by atoms with Crippen molar-refractivity contribution in [3.05, 3.63) is 35.4 Å². The van der Waals surface area contributed by atoms with Crippen molar-refractivity contribution in [2.75, 3.05) is 13.7 Å². The third-order valence-electron chi connectivity index (χ3n) is 2.22. The minimum Gasteiger partial charge on any atom is -0.484 e. The Labute approximate surface area is 108 Å². The first-order chi connectivity index (χ1) is 8.81. The number of carbonyl (C=O) groups is 1. The summed E-state index contributed by atoms with van der Waals surface area (Å²) in [5.74, 6) is -0.414. The zero-order valence-corrected chi connectivity index (χ0v) is 10.5. The number of halogens is 3. The number of ether oxygens (including phenoxy) is 2. The average molecular weight is 274 g/mol. The Hall–Kier alpha value is -1.98. The molecule has 0 aliphatic heterocycles.